The standard InChI is InChI=1S/C37H54O10/c1-18(13-20(39)30-33(5,6)47-30)27-21(40)14-34(7)24-10-9-23-32(3,4)25(46-31-29(43)28(42)22(41)16-44-31)11-12-36(23)17-37(24,36)15-26(35(27,34)8)45-19(2)38/h10,18,22-23,25-31,41-43H,9,11-17H2,1-8H3/t18-,22+,23+,25+,26-,27+,28+,29-,30-,31+,34+,35-,36-,37+/m1/s1. The van der Waals surface area contributed by atoms with E-state index in [-0.39, 0.29) is 64.7 Å². The summed E-state index contributed by atoms with van der Waals surface area (Å²) in [6, 6.07) is 0. The summed E-state index contributed by atoms with van der Waals surface area (Å²) >= 11 is 0. The molecule has 47 heavy (non-hydrogen) atoms. The van der Waals surface area contributed by atoms with Crippen LogP contribution in [0.2, 0.25) is 0 Å². The Bertz CT molecular complexity index is 1400. The highest BCUT2D eigenvalue weighted by Gasteiger charge is 2.83. The summed E-state index contributed by atoms with van der Waals surface area (Å²) in [4.78, 5) is 40.2. The first kappa shape index (κ1) is 33.8. The maximum atomic E-state index is 14.2. The van der Waals surface area contributed by atoms with Crippen LogP contribution in [-0.2, 0) is 33.3 Å². The SMILES string of the molecule is CC(=O)O[C@@H]1C[C@@]23C[C@@]24CC[C@H](O[C@@H]2OC[C@H](O)[C@H](O)[C@H]2O)C(C)(C)[C@@H]4CC=C3[C@]2(C)CC(=O)[C@H]([C@H](C)CC(=O)[C@H]3OC3(C)C)[C@@]12C. The highest BCUT2D eigenvalue weighted by atomic mass is 16.7. The zero-order valence-electron chi connectivity index (χ0n) is 29.2. The second-order valence-corrected chi connectivity index (χ2v) is 17.8. The molecule has 2 aliphatic heterocycles. The number of ether oxygens (including phenoxy) is 4. The van der Waals surface area contributed by atoms with Crippen LogP contribution in [0.5, 0.6) is 0 Å². The molecule has 2 heterocycles. The van der Waals surface area contributed by atoms with Gasteiger partial charge in [-0.2, -0.15) is 0 Å². The third kappa shape index (κ3) is 4.46. The van der Waals surface area contributed by atoms with Crippen LogP contribution in [0, 0.1) is 44.8 Å². The summed E-state index contributed by atoms with van der Waals surface area (Å²) in [5, 5.41) is 30.8. The Balaban J connectivity index is 1.20. The van der Waals surface area contributed by atoms with Crippen LogP contribution in [0.1, 0.15) is 100 Å². The molecular weight excluding hydrogens is 604 g/mol. The van der Waals surface area contributed by atoms with E-state index in [9.17, 15) is 29.7 Å². The molecule has 262 valence electrons. The van der Waals surface area contributed by atoms with Crippen molar-refractivity contribution in [1.82, 2.24) is 0 Å². The number of carbonyl (C=O) groups is 3. The van der Waals surface area contributed by atoms with Gasteiger partial charge in [0.2, 0.25) is 0 Å². The summed E-state index contributed by atoms with van der Waals surface area (Å²) in [6.45, 7) is 15.9. The van der Waals surface area contributed by atoms with Crippen LogP contribution < -0.4 is 0 Å². The molecule has 3 N–H and O–H groups in total. The number of aliphatic hydroxyl groups is 3. The highest BCUT2D eigenvalue weighted by molar-refractivity contribution is 5.90. The van der Waals surface area contributed by atoms with Crippen LogP contribution in [0.4, 0.5) is 0 Å². The number of carbonyl (C=O) groups excluding carboxylic acids is 3. The van der Waals surface area contributed by atoms with Crippen molar-refractivity contribution in [2.45, 2.75) is 149 Å². The van der Waals surface area contributed by atoms with Gasteiger partial charge in [-0.25, -0.2) is 0 Å². The zero-order chi connectivity index (χ0) is 34.3. The average molecular weight is 659 g/mol. The molecule has 0 bridgehead atoms. The van der Waals surface area contributed by atoms with E-state index >= 15 is 0 Å². The minimum atomic E-state index is -1.34. The molecule has 0 aromatic carbocycles. The van der Waals surface area contributed by atoms with Gasteiger partial charge in [0, 0.05) is 41.9 Å². The molecule has 7 aliphatic rings. The number of aliphatic hydroxyl groups excluding tert-OH is 3. The number of ketones is 2. The first-order valence-electron chi connectivity index (χ1n) is 17.7. The summed E-state index contributed by atoms with van der Waals surface area (Å²) in [5.41, 5.74) is -0.862. The molecule has 14 atom stereocenters. The van der Waals surface area contributed by atoms with Crippen molar-refractivity contribution in [2.24, 2.45) is 44.8 Å². The minimum Gasteiger partial charge on any atom is -0.462 e. The Morgan fingerprint density at radius 3 is 2.38 bits per heavy atom. The Morgan fingerprint density at radius 2 is 1.74 bits per heavy atom. The van der Waals surface area contributed by atoms with Gasteiger partial charge in [-0.1, -0.05) is 46.3 Å². The smallest absolute Gasteiger partial charge is 0.302 e. The van der Waals surface area contributed by atoms with Crippen molar-refractivity contribution in [3.63, 3.8) is 0 Å². The Kier molecular flexibility index (Phi) is 7.49. The van der Waals surface area contributed by atoms with Crippen LogP contribution in [0.15, 0.2) is 11.6 Å². The molecule has 10 nitrogen and oxygen atoms in total. The molecule has 0 amide bonds. The van der Waals surface area contributed by atoms with E-state index in [4.69, 9.17) is 18.9 Å². The topological polar surface area (TPSA) is 152 Å². The Morgan fingerprint density at radius 1 is 1.06 bits per heavy atom. The number of hydrogen-bond acceptors (Lipinski definition) is 10. The van der Waals surface area contributed by atoms with E-state index in [0.29, 0.717) is 12.8 Å². The van der Waals surface area contributed by atoms with E-state index < -0.39 is 59.2 Å². The van der Waals surface area contributed by atoms with Crippen molar-refractivity contribution >= 4 is 17.5 Å². The van der Waals surface area contributed by atoms with Gasteiger partial charge in [-0.05, 0) is 68.6 Å². The quantitative estimate of drug-likeness (QED) is 0.210. The van der Waals surface area contributed by atoms with Crippen molar-refractivity contribution in [3.8, 4) is 0 Å². The molecule has 4 saturated carbocycles. The van der Waals surface area contributed by atoms with Crippen LogP contribution in [0.25, 0.3) is 0 Å². The predicted octanol–water partition coefficient (Wildman–Crippen LogP) is 3.66. The lowest BCUT2D eigenvalue weighted by Crippen LogP contribution is -2.60. The predicted molar refractivity (Wildman–Crippen MR) is 169 cm³/mol. The number of esters is 1. The largest absolute Gasteiger partial charge is 0.462 e. The Labute approximate surface area is 277 Å². The van der Waals surface area contributed by atoms with Gasteiger partial charge < -0.3 is 34.3 Å². The minimum absolute atomic E-state index is 0.0303. The van der Waals surface area contributed by atoms with E-state index in [2.05, 4.69) is 33.8 Å². The van der Waals surface area contributed by atoms with Gasteiger partial charge in [0.25, 0.3) is 0 Å². The molecule has 6 fully saturated rings. The molecular formula is C37H54O10. The number of allylic oxidation sites excluding steroid dienone is 2. The van der Waals surface area contributed by atoms with Gasteiger partial charge in [0.05, 0.1) is 18.3 Å². The number of Topliss-reactive ketones (excluding diaryl/α,β-unsaturated/α-hetero) is 2. The fourth-order valence-corrected chi connectivity index (χ4v) is 12.3. The van der Waals surface area contributed by atoms with Gasteiger partial charge >= 0.3 is 5.97 Å². The normalized spacial score (nSPS) is 51.0. The Hall–Kier alpha value is -1.69. The summed E-state index contributed by atoms with van der Waals surface area (Å²) < 4.78 is 24.0. The first-order chi connectivity index (χ1) is 21.8. The monoisotopic (exact) mass is 658 g/mol. The third-order valence-corrected chi connectivity index (χ3v) is 14.7. The lowest BCUT2D eigenvalue weighted by molar-refractivity contribution is -0.300. The average Bonchev–Trinajstić information content (AvgIpc) is 3.80. The molecule has 0 aromatic rings. The summed E-state index contributed by atoms with van der Waals surface area (Å²) in [7, 11) is 0. The van der Waals surface area contributed by atoms with Crippen LogP contribution in [0.3, 0.4) is 0 Å². The molecule has 7 rings (SSSR count). The van der Waals surface area contributed by atoms with Gasteiger partial charge in [-0.3, -0.25) is 14.4 Å². The van der Waals surface area contributed by atoms with Crippen molar-refractivity contribution < 1.29 is 48.7 Å². The lowest BCUT2D eigenvalue weighted by atomic mass is 9.44. The molecule has 0 aromatic heterocycles. The molecule has 10 heteroatoms. The summed E-state index contributed by atoms with van der Waals surface area (Å²) in [6.07, 6.45) is 1.06. The second-order valence-electron chi connectivity index (χ2n) is 17.8. The van der Waals surface area contributed by atoms with Gasteiger partial charge in [0.15, 0.2) is 12.1 Å². The first-order valence-corrected chi connectivity index (χ1v) is 17.7. The van der Waals surface area contributed by atoms with Crippen LogP contribution >= 0.6 is 0 Å². The van der Waals surface area contributed by atoms with Crippen LogP contribution in [-0.4, -0.2) is 88.0 Å². The number of fused-ring (bicyclic) bond motifs is 2. The van der Waals surface area contributed by atoms with E-state index in [0.717, 1.165) is 25.7 Å². The van der Waals surface area contributed by atoms with Gasteiger partial charge in [-0.15, -0.1) is 0 Å². The molecule has 0 unspecified atom stereocenters. The fourth-order valence-electron chi connectivity index (χ4n) is 12.3. The molecule has 2 spiro atoms. The third-order valence-electron chi connectivity index (χ3n) is 14.7. The highest BCUT2D eigenvalue weighted by Crippen LogP contribution is 2.88. The van der Waals surface area contributed by atoms with Crippen molar-refractivity contribution in [2.75, 3.05) is 6.61 Å². The summed E-state index contributed by atoms with van der Waals surface area (Å²) in [5.74, 6) is -0.579. The van der Waals surface area contributed by atoms with Crippen molar-refractivity contribution in [3.05, 3.63) is 11.6 Å². The van der Waals surface area contributed by atoms with E-state index in [1.165, 1.54) is 12.5 Å². The maximum Gasteiger partial charge on any atom is 0.302 e. The van der Waals surface area contributed by atoms with Crippen molar-refractivity contribution in [1.29, 1.82) is 0 Å². The molecule has 2 saturated heterocycles. The van der Waals surface area contributed by atoms with E-state index in [1.54, 1.807) is 0 Å². The number of rotatable bonds is 7. The number of hydrogen-bond donors (Lipinski definition) is 3. The maximum absolute atomic E-state index is 14.2. The van der Waals surface area contributed by atoms with Gasteiger partial charge in [0.1, 0.15) is 36.3 Å². The zero-order valence-corrected chi connectivity index (χ0v) is 29.2. The second kappa shape index (κ2) is 10.4. The lowest BCUT2D eigenvalue weighted by Gasteiger charge is -2.61. The fraction of sp³-hybridized carbons (Fsp3) is 0.865. The van der Waals surface area contributed by atoms with E-state index in [1.807, 2.05) is 20.8 Å². The molecule has 5 aliphatic carbocycles. The molecule has 0 radical (unpaired) electrons. The number of epoxide rings is 1.